The van der Waals surface area contributed by atoms with Crippen molar-refractivity contribution in [2.75, 3.05) is 51.1 Å². The molecule has 208 valence electrons. The van der Waals surface area contributed by atoms with Gasteiger partial charge in [-0.1, -0.05) is 26.7 Å². The Labute approximate surface area is 212 Å². The van der Waals surface area contributed by atoms with Crippen molar-refractivity contribution in [1.29, 1.82) is 0 Å². The Balaban J connectivity index is 3.84. The van der Waals surface area contributed by atoms with Gasteiger partial charge in [0.05, 0.1) is 61.6 Å². The quantitative estimate of drug-likeness (QED) is 0.169. The van der Waals surface area contributed by atoms with E-state index in [-0.39, 0.29) is 75.6 Å². The predicted octanol–water partition coefficient (Wildman–Crippen LogP) is 2.94. The Bertz CT molecular complexity index is 726. The third-order valence-corrected chi connectivity index (χ3v) is 9.90. The second-order valence-corrected chi connectivity index (χ2v) is 14.0. The number of ketones is 2. The van der Waals surface area contributed by atoms with E-state index in [0.29, 0.717) is 12.8 Å². The van der Waals surface area contributed by atoms with Gasteiger partial charge in [0.2, 0.25) is 0 Å². The van der Waals surface area contributed by atoms with Crippen molar-refractivity contribution in [3.63, 3.8) is 0 Å². The van der Waals surface area contributed by atoms with E-state index in [0.717, 1.165) is 25.7 Å². The Kier molecular flexibility index (Phi) is 18.8. The molecule has 0 aliphatic rings. The molecule has 9 nitrogen and oxygen atoms in total. The normalized spacial score (nSPS) is 14.1. The summed E-state index contributed by atoms with van der Waals surface area (Å²) in [7, 11) is -6.78. The zero-order valence-corrected chi connectivity index (χ0v) is 23.6. The first-order valence-corrected chi connectivity index (χ1v) is 16.1. The standard InChI is InChI=1S/C24H46O9S2/c1-5-7-9-23(25)19-21(3)34(27,28)17-15-32-13-11-31-12-14-33-16-18-35(29,30)22(4)20-24(26)10-8-6-2/h21-22H,5-20H2,1-4H3. The van der Waals surface area contributed by atoms with Crippen LogP contribution in [0.4, 0.5) is 0 Å². The summed E-state index contributed by atoms with van der Waals surface area (Å²) in [5.74, 6) is -0.335. The molecular formula is C24H46O9S2. The minimum atomic E-state index is -3.39. The highest BCUT2D eigenvalue weighted by molar-refractivity contribution is 7.92. The number of hydrogen-bond donors (Lipinski definition) is 0. The van der Waals surface area contributed by atoms with Gasteiger partial charge in [0.15, 0.2) is 19.7 Å². The lowest BCUT2D eigenvalue weighted by Crippen LogP contribution is -2.26. The van der Waals surface area contributed by atoms with Crippen LogP contribution in [0.5, 0.6) is 0 Å². The number of ether oxygens (including phenoxy) is 3. The fourth-order valence-electron chi connectivity index (χ4n) is 3.14. The predicted molar refractivity (Wildman–Crippen MR) is 137 cm³/mol. The molecule has 0 N–H and O–H groups in total. The van der Waals surface area contributed by atoms with Gasteiger partial charge in [0.25, 0.3) is 0 Å². The molecule has 0 aliphatic carbocycles. The topological polar surface area (TPSA) is 130 Å². The number of carbonyl (C=O) groups excluding carboxylic acids is 2. The van der Waals surface area contributed by atoms with Crippen LogP contribution in [0, 0.1) is 0 Å². The average Bonchev–Trinajstić information content (AvgIpc) is 2.79. The molecule has 0 aromatic carbocycles. The van der Waals surface area contributed by atoms with Crippen LogP contribution >= 0.6 is 0 Å². The Hall–Kier alpha value is -0.880. The molecule has 0 rings (SSSR count). The monoisotopic (exact) mass is 542 g/mol. The van der Waals surface area contributed by atoms with E-state index in [2.05, 4.69) is 0 Å². The van der Waals surface area contributed by atoms with E-state index < -0.39 is 30.2 Å². The smallest absolute Gasteiger partial charge is 0.155 e. The number of carbonyl (C=O) groups is 2. The summed E-state index contributed by atoms with van der Waals surface area (Å²) in [4.78, 5) is 23.6. The molecule has 0 saturated heterocycles. The van der Waals surface area contributed by atoms with E-state index in [1.807, 2.05) is 13.8 Å². The number of rotatable bonds is 24. The number of unbranched alkanes of at least 4 members (excludes halogenated alkanes) is 2. The zero-order chi connectivity index (χ0) is 26.7. The molecule has 11 heteroatoms. The van der Waals surface area contributed by atoms with Crippen molar-refractivity contribution < 1.29 is 40.6 Å². The van der Waals surface area contributed by atoms with Gasteiger partial charge in [0, 0.05) is 25.7 Å². The fraction of sp³-hybridized carbons (Fsp3) is 0.917. The molecule has 2 atom stereocenters. The van der Waals surface area contributed by atoms with Gasteiger partial charge in [-0.25, -0.2) is 16.8 Å². The van der Waals surface area contributed by atoms with Crippen molar-refractivity contribution in [1.82, 2.24) is 0 Å². The van der Waals surface area contributed by atoms with Crippen molar-refractivity contribution in [3.05, 3.63) is 0 Å². The van der Waals surface area contributed by atoms with Crippen LogP contribution in [0.15, 0.2) is 0 Å². The Morgan fingerprint density at radius 2 is 0.914 bits per heavy atom. The summed E-state index contributed by atoms with van der Waals surface area (Å²) in [6, 6.07) is 0. The lowest BCUT2D eigenvalue weighted by molar-refractivity contribution is -0.119. The first-order chi connectivity index (χ1) is 16.5. The molecule has 0 radical (unpaired) electrons. The summed E-state index contributed by atoms with van der Waals surface area (Å²) in [6.45, 7) is 8.10. The van der Waals surface area contributed by atoms with Gasteiger partial charge in [-0.15, -0.1) is 0 Å². The first-order valence-electron chi connectivity index (χ1n) is 12.7. The largest absolute Gasteiger partial charge is 0.378 e. The molecule has 35 heavy (non-hydrogen) atoms. The van der Waals surface area contributed by atoms with Gasteiger partial charge >= 0.3 is 0 Å². The van der Waals surface area contributed by atoms with Crippen LogP contribution in [0.2, 0.25) is 0 Å². The van der Waals surface area contributed by atoms with Crippen molar-refractivity contribution in [2.45, 2.75) is 89.6 Å². The first kappa shape index (κ1) is 34.1. The highest BCUT2D eigenvalue weighted by atomic mass is 32.2. The highest BCUT2D eigenvalue weighted by Gasteiger charge is 2.24. The van der Waals surface area contributed by atoms with E-state index in [9.17, 15) is 26.4 Å². The maximum Gasteiger partial charge on any atom is 0.155 e. The van der Waals surface area contributed by atoms with Gasteiger partial charge in [0.1, 0.15) is 11.6 Å². The van der Waals surface area contributed by atoms with Gasteiger partial charge < -0.3 is 14.2 Å². The molecule has 0 aromatic rings. The minimum absolute atomic E-state index is 0.0240. The second kappa shape index (κ2) is 19.3. The molecule has 0 fully saturated rings. The number of sulfone groups is 2. The lowest BCUT2D eigenvalue weighted by atomic mass is 10.1. The summed E-state index contributed by atoms with van der Waals surface area (Å²) in [5, 5.41) is -1.42. The van der Waals surface area contributed by atoms with E-state index in [1.54, 1.807) is 13.8 Å². The summed E-state index contributed by atoms with van der Waals surface area (Å²) < 4.78 is 64.9. The van der Waals surface area contributed by atoms with Crippen LogP contribution in [-0.2, 0) is 43.5 Å². The second-order valence-electron chi connectivity index (χ2n) is 8.89. The van der Waals surface area contributed by atoms with Crippen LogP contribution in [0.3, 0.4) is 0 Å². The van der Waals surface area contributed by atoms with Crippen LogP contribution in [-0.4, -0.2) is 90.0 Å². The number of hydrogen-bond acceptors (Lipinski definition) is 9. The van der Waals surface area contributed by atoms with Crippen LogP contribution in [0.25, 0.3) is 0 Å². The third-order valence-electron chi connectivity index (χ3n) is 5.64. The van der Waals surface area contributed by atoms with Crippen LogP contribution < -0.4 is 0 Å². The summed E-state index contributed by atoms with van der Waals surface area (Å²) in [6.07, 6.45) is 4.29. The van der Waals surface area contributed by atoms with Gasteiger partial charge in [-0.05, 0) is 26.7 Å². The van der Waals surface area contributed by atoms with Crippen molar-refractivity contribution in [3.8, 4) is 0 Å². The van der Waals surface area contributed by atoms with Crippen molar-refractivity contribution >= 4 is 31.2 Å². The van der Waals surface area contributed by atoms with Crippen LogP contribution in [0.1, 0.15) is 79.1 Å². The maximum atomic E-state index is 12.2. The Morgan fingerprint density at radius 1 is 0.600 bits per heavy atom. The lowest BCUT2D eigenvalue weighted by Gasteiger charge is -2.13. The van der Waals surface area contributed by atoms with E-state index in [1.165, 1.54) is 0 Å². The average molecular weight is 543 g/mol. The molecule has 0 heterocycles. The van der Waals surface area contributed by atoms with E-state index in [4.69, 9.17) is 14.2 Å². The zero-order valence-electron chi connectivity index (χ0n) is 22.0. The highest BCUT2D eigenvalue weighted by Crippen LogP contribution is 2.11. The molecule has 0 amide bonds. The maximum absolute atomic E-state index is 12.2. The van der Waals surface area contributed by atoms with Gasteiger partial charge in [-0.2, -0.15) is 0 Å². The molecular weight excluding hydrogens is 496 g/mol. The van der Waals surface area contributed by atoms with E-state index >= 15 is 0 Å². The minimum Gasteiger partial charge on any atom is -0.378 e. The third kappa shape index (κ3) is 17.3. The van der Waals surface area contributed by atoms with Gasteiger partial charge in [-0.3, -0.25) is 9.59 Å². The molecule has 0 spiro atoms. The molecule has 0 bridgehead atoms. The molecule has 0 aromatic heterocycles. The number of Topliss-reactive ketones (excluding diaryl/α,β-unsaturated/α-hetero) is 2. The summed E-state index contributed by atoms with van der Waals surface area (Å²) in [5.41, 5.74) is 0. The molecule has 2 unspecified atom stereocenters. The summed E-state index contributed by atoms with van der Waals surface area (Å²) >= 11 is 0. The van der Waals surface area contributed by atoms with Crippen molar-refractivity contribution in [2.24, 2.45) is 0 Å². The molecule has 0 saturated carbocycles. The Morgan fingerprint density at radius 3 is 1.23 bits per heavy atom. The SMILES string of the molecule is CCCCC(=O)CC(C)S(=O)(=O)CCOCCOCCOCCS(=O)(=O)C(C)CC(=O)CCCC. The molecule has 0 aliphatic heterocycles. The fourth-order valence-corrected chi connectivity index (χ4v) is 5.53.